The van der Waals surface area contributed by atoms with Gasteiger partial charge in [-0.25, -0.2) is 13.4 Å². The highest BCUT2D eigenvalue weighted by atomic mass is 32.2. The molecule has 23 heavy (non-hydrogen) atoms. The van der Waals surface area contributed by atoms with Crippen LogP contribution in [0.3, 0.4) is 0 Å². The number of aromatic nitrogens is 2. The van der Waals surface area contributed by atoms with Gasteiger partial charge >= 0.3 is 0 Å². The minimum atomic E-state index is -3.64. The van der Waals surface area contributed by atoms with E-state index >= 15 is 0 Å². The lowest BCUT2D eigenvalue weighted by Crippen LogP contribution is -2.13. The normalized spacial score (nSPS) is 11.6. The third-order valence-electron chi connectivity index (χ3n) is 3.64. The molecule has 7 heteroatoms. The van der Waals surface area contributed by atoms with Crippen LogP contribution in [-0.2, 0) is 17.1 Å². The molecule has 0 atom stereocenters. The standard InChI is InChI=1S/C16H18N4O2S/c1-19(2)13-6-4-12(5-7-13)18-23(21,22)14-8-9-16-15(10-14)17-11-20(16)3/h4-11,18H,1-3H3. The summed E-state index contributed by atoms with van der Waals surface area (Å²) in [4.78, 5) is 6.34. The molecule has 0 unspecified atom stereocenters. The Kier molecular flexibility index (Phi) is 3.73. The lowest BCUT2D eigenvalue weighted by Gasteiger charge is -2.13. The lowest BCUT2D eigenvalue weighted by atomic mass is 10.3. The number of imidazole rings is 1. The van der Waals surface area contributed by atoms with E-state index < -0.39 is 10.0 Å². The van der Waals surface area contributed by atoms with E-state index in [9.17, 15) is 8.42 Å². The maximum atomic E-state index is 12.5. The van der Waals surface area contributed by atoms with Gasteiger partial charge in [0.15, 0.2) is 0 Å². The first-order chi connectivity index (χ1) is 10.9. The summed E-state index contributed by atoms with van der Waals surface area (Å²) in [5, 5.41) is 0. The van der Waals surface area contributed by atoms with Crippen LogP contribution in [0.4, 0.5) is 11.4 Å². The van der Waals surface area contributed by atoms with Crippen LogP contribution >= 0.6 is 0 Å². The molecular weight excluding hydrogens is 312 g/mol. The van der Waals surface area contributed by atoms with Gasteiger partial charge in [0.2, 0.25) is 0 Å². The van der Waals surface area contributed by atoms with Crippen LogP contribution in [0.15, 0.2) is 53.7 Å². The molecule has 6 nitrogen and oxygen atoms in total. The molecule has 0 saturated carbocycles. The lowest BCUT2D eigenvalue weighted by molar-refractivity contribution is 0.601. The fourth-order valence-corrected chi connectivity index (χ4v) is 3.40. The Morgan fingerprint density at radius 3 is 2.43 bits per heavy atom. The molecule has 120 valence electrons. The van der Waals surface area contributed by atoms with Crippen molar-refractivity contribution in [2.75, 3.05) is 23.7 Å². The minimum Gasteiger partial charge on any atom is -0.378 e. The number of hydrogen-bond acceptors (Lipinski definition) is 4. The summed E-state index contributed by atoms with van der Waals surface area (Å²) in [7, 11) is 2.09. The molecule has 1 heterocycles. The zero-order chi connectivity index (χ0) is 16.6. The molecule has 1 aromatic heterocycles. The number of nitrogens with one attached hydrogen (secondary N) is 1. The second kappa shape index (κ2) is 5.58. The van der Waals surface area contributed by atoms with Gasteiger partial charge in [-0.3, -0.25) is 4.72 Å². The van der Waals surface area contributed by atoms with E-state index in [0.29, 0.717) is 11.2 Å². The topological polar surface area (TPSA) is 67.2 Å². The van der Waals surface area contributed by atoms with Crippen LogP contribution in [0.5, 0.6) is 0 Å². The molecule has 0 amide bonds. The van der Waals surface area contributed by atoms with Crippen molar-refractivity contribution in [2.45, 2.75) is 4.90 Å². The van der Waals surface area contributed by atoms with Crippen molar-refractivity contribution in [3.8, 4) is 0 Å². The van der Waals surface area contributed by atoms with E-state index in [1.165, 1.54) is 0 Å². The summed E-state index contributed by atoms with van der Waals surface area (Å²) in [6.07, 6.45) is 1.66. The Hall–Kier alpha value is -2.54. The number of benzene rings is 2. The number of fused-ring (bicyclic) bond motifs is 1. The Labute approximate surface area is 135 Å². The van der Waals surface area contributed by atoms with Gasteiger partial charge in [-0.15, -0.1) is 0 Å². The Morgan fingerprint density at radius 1 is 1.09 bits per heavy atom. The fourth-order valence-electron chi connectivity index (χ4n) is 2.32. The molecule has 0 spiro atoms. The van der Waals surface area contributed by atoms with Gasteiger partial charge in [-0.1, -0.05) is 0 Å². The zero-order valence-electron chi connectivity index (χ0n) is 13.2. The Balaban J connectivity index is 1.90. The van der Waals surface area contributed by atoms with E-state index in [1.807, 2.05) is 42.7 Å². The van der Waals surface area contributed by atoms with Gasteiger partial charge in [0, 0.05) is 32.5 Å². The molecule has 0 saturated heterocycles. The number of aryl methyl sites for hydroxylation is 1. The average Bonchev–Trinajstić information content (AvgIpc) is 2.88. The van der Waals surface area contributed by atoms with Crippen LogP contribution in [0, 0.1) is 0 Å². The van der Waals surface area contributed by atoms with E-state index in [-0.39, 0.29) is 4.90 Å². The molecule has 3 aromatic rings. The maximum Gasteiger partial charge on any atom is 0.261 e. The van der Waals surface area contributed by atoms with Gasteiger partial charge in [0.05, 0.1) is 22.3 Å². The molecular formula is C16H18N4O2S. The summed E-state index contributed by atoms with van der Waals surface area (Å²) in [6, 6.07) is 12.1. The summed E-state index contributed by atoms with van der Waals surface area (Å²) < 4.78 is 29.5. The molecule has 0 fully saturated rings. The summed E-state index contributed by atoms with van der Waals surface area (Å²) >= 11 is 0. The number of rotatable bonds is 4. The van der Waals surface area contributed by atoms with Crippen LogP contribution in [0.25, 0.3) is 11.0 Å². The fraction of sp³-hybridized carbons (Fsp3) is 0.188. The van der Waals surface area contributed by atoms with Crippen molar-refractivity contribution in [3.63, 3.8) is 0 Å². The smallest absolute Gasteiger partial charge is 0.261 e. The van der Waals surface area contributed by atoms with Crippen molar-refractivity contribution in [1.82, 2.24) is 9.55 Å². The van der Waals surface area contributed by atoms with E-state index in [0.717, 1.165) is 11.2 Å². The van der Waals surface area contributed by atoms with E-state index in [4.69, 9.17) is 0 Å². The van der Waals surface area contributed by atoms with E-state index in [1.54, 1.807) is 36.7 Å². The molecule has 0 bridgehead atoms. The monoisotopic (exact) mass is 330 g/mol. The summed E-state index contributed by atoms with van der Waals surface area (Å²) in [5.41, 5.74) is 3.07. The third-order valence-corrected chi connectivity index (χ3v) is 5.02. The molecule has 3 rings (SSSR count). The molecule has 0 aliphatic carbocycles. The first kappa shape index (κ1) is 15.4. The first-order valence-corrected chi connectivity index (χ1v) is 8.56. The second-order valence-electron chi connectivity index (χ2n) is 5.55. The molecule has 2 aromatic carbocycles. The van der Waals surface area contributed by atoms with Gasteiger partial charge in [0.25, 0.3) is 10.0 Å². The van der Waals surface area contributed by atoms with Crippen molar-refractivity contribution in [3.05, 3.63) is 48.8 Å². The first-order valence-electron chi connectivity index (χ1n) is 7.08. The maximum absolute atomic E-state index is 12.5. The number of sulfonamides is 1. The van der Waals surface area contributed by atoms with Gasteiger partial charge < -0.3 is 9.47 Å². The second-order valence-corrected chi connectivity index (χ2v) is 7.24. The molecule has 1 N–H and O–H groups in total. The zero-order valence-corrected chi connectivity index (χ0v) is 14.0. The Bertz CT molecular complexity index is 944. The van der Waals surface area contributed by atoms with Crippen molar-refractivity contribution in [1.29, 1.82) is 0 Å². The molecule has 0 aliphatic rings. The average molecular weight is 330 g/mol. The summed E-state index contributed by atoms with van der Waals surface area (Å²) in [6.45, 7) is 0. The minimum absolute atomic E-state index is 0.195. The number of anilines is 2. The Morgan fingerprint density at radius 2 is 1.78 bits per heavy atom. The van der Waals surface area contributed by atoms with Crippen LogP contribution in [-0.4, -0.2) is 32.1 Å². The van der Waals surface area contributed by atoms with Crippen LogP contribution in [0.1, 0.15) is 0 Å². The molecule has 0 radical (unpaired) electrons. The van der Waals surface area contributed by atoms with Crippen LogP contribution < -0.4 is 9.62 Å². The van der Waals surface area contributed by atoms with Crippen LogP contribution in [0.2, 0.25) is 0 Å². The highest BCUT2D eigenvalue weighted by molar-refractivity contribution is 7.92. The predicted octanol–water partition coefficient (Wildman–Crippen LogP) is 2.44. The molecule has 0 aliphatic heterocycles. The van der Waals surface area contributed by atoms with E-state index in [2.05, 4.69) is 9.71 Å². The van der Waals surface area contributed by atoms with Crippen molar-refractivity contribution >= 4 is 32.4 Å². The predicted molar refractivity (Wildman–Crippen MR) is 92.3 cm³/mol. The highest BCUT2D eigenvalue weighted by Gasteiger charge is 2.15. The largest absolute Gasteiger partial charge is 0.378 e. The highest BCUT2D eigenvalue weighted by Crippen LogP contribution is 2.22. The quantitative estimate of drug-likeness (QED) is 0.798. The summed E-state index contributed by atoms with van der Waals surface area (Å²) in [5.74, 6) is 0. The van der Waals surface area contributed by atoms with Gasteiger partial charge in [-0.05, 0) is 42.5 Å². The van der Waals surface area contributed by atoms with Crippen molar-refractivity contribution < 1.29 is 8.42 Å². The van der Waals surface area contributed by atoms with Gasteiger partial charge in [-0.2, -0.15) is 0 Å². The van der Waals surface area contributed by atoms with Gasteiger partial charge in [0.1, 0.15) is 0 Å². The SMILES string of the molecule is CN(C)c1ccc(NS(=O)(=O)c2ccc3c(c2)ncn3C)cc1. The van der Waals surface area contributed by atoms with Crippen molar-refractivity contribution in [2.24, 2.45) is 7.05 Å². The number of nitrogens with zero attached hydrogens (tertiary/aromatic N) is 3. The number of hydrogen-bond donors (Lipinski definition) is 1. The third kappa shape index (κ3) is 3.00.